The second-order valence-electron chi connectivity index (χ2n) is 8.25. The molecule has 0 saturated heterocycles. The molecule has 134 valence electrons. The molecule has 0 spiro atoms. The summed E-state index contributed by atoms with van der Waals surface area (Å²) in [5.41, 5.74) is 1.59. The maximum Gasteiger partial charge on any atom is 0.159 e. The molecule has 2 aliphatic carbocycles. The first-order valence-corrected chi connectivity index (χ1v) is 10.1. The monoisotopic (exact) mass is 334 g/mol. The summed E-state index contributed by atoms with van der Waals surface area (Å²) in [4.78, 5) is 0. The number of benzene rings is 1. The zero-order chi connectivity index (χ0) is 17.0. The lowest BCUT2D eigenvalue weighted by Gasteiger charge is -2.47. The topological polar surface area (TPSA) is 0 Å². The fourth-order valence-corrected chi connectivity index (χ4v) is 5.45. The third-order valence-corrected chi connectivity index (χ3v) is 6.89. The van der Waals surface area contributed by atoms with Crippen molar-refractivity contribution in [2.75, 3.05) is 0 Å². The maximum atomic E-state index is 13.5. The van der Waals surface area contributed by atoms with Gasteiger partial charge in [0.2, 0.25) is 0 Å². The molecule has 0 N–H and O–H groups in total. The molecule has 1 aromatic rings. The Bertz CT molecular complexity index is 523. The van der Waals surface area contributed by atoms with Gasteiger partial charge in [0.15, 0.2) is 11.6 Å². The van der Waals surface area contributed by atoms with Gasteiger partial charge in [0.05, 0.1) is 0 Å². The molecule has 0 heterocycles. The van der Waals surface area contributed by atoms with Crippen LogP contribution in [0, 0.1) is 23.0 Å². The molecule has 2 aliphatic rings. The van der Waals surface area contributed by atoms with Gasteiger partial charge in [-0.05, 0) is 79.9 Å². The van der Waals surface area contributed by atoms with Crippen molar-refractivity contribution in [2.45, 2.75) is 89.9 Å². The third kappa shape index (κ3) is 3.83. The van der Waals surface area contributed by atoms with Crippen molar-refractivity contribution >= 4 is 0 Å². The molecule has 0 nitrogen and oxygen atoms in total. The number of hydrogen-bond acceptors (Lipinski definition) is 0. The van der Waals surface area contributed by atoms with Crippen LogP contribution in [-0.2, 0) is 0 Å². The average Bonchev–Trinajstić information content (AvgIpc) is 2.63. The highest BCUT2D eigenvalue weighted by atomic mass is 19.2. The van der Waals surface area contributed by atoms with Crippen LogP contribution in [0.3, 0.4) is 0 Å². The first-order valence-electron chi connectivity index (χ1n) is 10.1. The van der Waals surface area contributed by atoms with Crippen LogP contribution in [0.2, 0.25) is 0 Å². The summed E-state index contributed by atoms with van der Waals surface area (Å²) in [5, 5.41) is 0. The van der Waals surface area contributed by atoms with Crippen molar-refractivity contribution in [3.63, 3.8) is 0 Å². The van der Waals surface area contributed by atoms with Crippen molar-refractivity contribution < 1.29 is 8.78 Å². The van der Waals surface area contributed by atoms with Crippen LogP contribution >= 0.6 is 0 Å². The fraction of sp³-hybridized carbons (Fsp3) is 0.727. The highest BCUT2D eigenvalue weighted by Crippen LogP contribution is 2.53. The highest BCUT2D eigenvalue weighted by molar-refractivity contribution is 5.22. The molecule has 0 unspecified atom stereocenters. The van der Waals surface area contributed by atoms with Gasteiger partial charge in [0.1, 0.15) is 0 Å². The van der Waals surface area contributed by atoms with Gasteiger partial charge < -0.3 is 0 Å². The Kier molecular flexibility index (Phi) is 5.94. The van der Waals surface area contributed by atoms with Crippen LogP contribution in [0.15, 0.2) is 18.2 Å². The van der Waals surface area contributed by atoms with E-state index in [9.17, 15) is 8.78 Å². The quantitative estimate of drug-likeness (QED) is 0.527. The van der Waals surface area contributed by atoms with Crippen molar-refractivity contribution in [3.8, 4) is 0 Å². The van der Waals surface area contributed by atoms with Crippen molar-refractivity contribution in [2.24, 2.45) is 11.3 Å². The SMILES string of the molecule is CCCCC1(C2CCC(c3ccc(F)c(F)c3)CC2)CCCCC1. The van der Waals surface area contributed by atoms with Crippen molar-refractivity contribution in [1.82, 2.24) is 0 Å². The molecule has 0 aromatic heterocycles. The van der Waals surface area contributed by atoms with E-state index in [1.807, 2.05) is 0 Å². The van der Waals surface area contributed by atoms with Gasteiger partial charge in [-0.25, -0.2) is 8.78 Å². The van der Waals surface area contributed by atoms with E-state index in [2.05, 4.69) is 6.92 Å². The second kappa shape index (κ2) is 7.97. The summed E-state index contributed by atoms with van der Waals surface area (Å²) in [7, 11) is 0. The minimum absolute atomic E-state index is 0.420. The Morgan fingerprint density at radius 1 is 0.958 bits per heavy atom. The van der Waals surface area contributed by atoms with Crippen LogP contribution < -0.4 is 0 Å². The van der Waals surface area contributed by atoms with E-state index in [-0.39, 0.29) is 0 Å². The first-order chi connectivity index (χ1) is 11.6. The van der Waals surface area contributed by atoms with Crippen molar-refractivity contribution in [3.05, 3.63) is 35.4 Å². The van der Waals surface area contributed by atoms with Crippen LogP contribution in [-0.4, -0.2) is 0 Å². The number of halogens is 2. The summed E-state index contributed by atoms with van der Waals surface area (Å²) in [6.45, 7) is 2.30. The largest absolute Gasteiger partial charge is 0.204 e. The lowest BCUT2D eigenvalue weighted by molar-refractivity contribution is 0.0511. The lowest BCUT2D eigenvalue weighted by Crippen LogP contribution is -2.35. The number of rotatable bonds is 5. The van der Waals surface area contributed by atoms with E-state index in [0.29, 0.717) is 11.3 Å². The van der Waals surface area contributed by atoms with Gasteiger partial charge in [-0.15, -0.1) is 0 Å². The normalized spacial score (nSPS) is 27.1. The van der Waals surface area contributed by atoms with Gasteiger partial charge in [-0.3, -0.25) is 0 Å². The van der Waals surface area contributed by atoms with Gasteiger partial charge in [-0.1, -0.05) is 45.1 Å². The Morgan fingerprint density at radius 3 is 2.29 bits per heavy atom. The van der Waals surface area contributed by atoms with Gasteiger partial charge >= 0.3 is 0 Å². The maximum absolute atomic E-state index is 13.5. The van der Waals surface area contributed by atoms with Gasteiger partial charge in [0, 0.05) is 0 Å². The Labute approximate surface area is 146 Å². The van der Waals surface area contributed by atoms with E-state index < -0.39 is 11.6 Å². The molecule has 0 bridgehead atoms. The molecule has 0 aliphatic heterocycles. The molecule has 1 aromatic carbocycles. The van der Waals surface area contributed by atoms with Crippen LogP contribution in [0.4, 0.5) is 8.78 Å². The van der Waals surface area contributed by atoms with E-state index >= 15 is 0 Å². The van der Waals surface area contributed by atoms with Crippen LogP contribution in [0.5, 0.6) is 0 Å². The summed E-state index contributed by atoms with van der Waals surface area (Å²) >= 11 is 0. The predicted molar refractivity (Wildman–Crippen MR) is 96.1 cm³/mol. The fourth-order valence-electron chi connectivity index (χ4n) is 5.45. The Morgan fingerprint density at radius 2 is 1.67 bits per heavy atom. The standard InChI is InChI=1S/C22H32F2/c1-2-3-13-22(14-5-4-6-15-22)19-10-7-17(8-11-19)18-9-12-20(23)21(24)16-18/h9,12,16-17,19H,2-8,10-11,13-15H2,1H3. The summed E-state index contributed by atoms with van der Waals surface area (Å²) in [6.07, 6.45) is 16.0. The van der Waals surface area contributed by atoms with Crippen LogP contribution in [0.25, 0.3) is 0 Å². The van der Waals surface area contributed by atoms with E-state index in [1.165, 1.54) is 76.3 Å². The molecule has 2 fully saturated rings. The van der Waals surface area contributed by atoms with E-state index in [1.54, 1.807) is 6.07 Å². The molecule has 0 radical (unpaired) electrons. The predicted octanol–water partition coefficient (Wildman–Crippen LogP) is 7.38. The molecular weight excluding hydrogens is 302 g/mol. The second-order valence-corrected chi connectivity index (χ2v) is 8.25. The zero-order valence-electron chi connectivity index (χ0n) is 15.1. The molecule has 2 heteroatoms. The van der Waals surface area contributed by atoms with Gasteiger partial charge in [0.25, 0.3) is 0 Å². The zero-order valence-corrected chi connectivity index (χ0v) is 15.1. The van der Waals surface area contributed by atoms with Gasteiger partial charge in [-0.2, -0.15) is 0 Å². The number of hydrogen-bond donors (Lipinski definition) is 0. The molecule has 0 amide bonds. The summed E-state index contributed by atoms with van der Waals surface area (Å²) in [6, 6.07) is 4.51. The minimum Gasteiger partial charge on any atom is -0.204 e. The van der Waals surface area contributed by atoms with E-state index in [0.717, 1.165) is 24.3 Å². The first kappa shape index (κ1) is 17.9. The Balaban J connectivity index is 1.65. The molecule has 0 atom stereocenters. The third-order valence-electron chi connectivity index (χ3n) is 6.89. The highest BCUT2D eigenvalue weighted by Gasteiger charge is 2.40. The molecule has 3 rings (SSSR count). The van der Waals surface area contributed by atoms with Crippen LogP contribution in [0.1, 0.15) is 95.5 Å². The average molecular weight is 334 g/mol. The van der Waals surface area contributed by atoms with Crippen molar-refractivity contribution in [1.29, 1.82) is 0 Å². The number of unbranched alkanes of at least 4 members (excludes halogenated alkanes) is 1. The van der Waals surface area contributed by atoms with E-state index in [4.69, 9.17) is 0 Å². The summed E-state index contributed by atoms with van der Waals surface area (Å²) in [5.74, 6) is -0.149. The summed E-state index contributed by atoms with van der Waals surface area (Å²) < 4.78 is 26.7. The Hall–Kier alpha value is -0.920. The molecule has 24 heavy (non-hydrogen) atoms. The minimum atomic E-state index is -0.729. The molecular formula is C22H32F2. The molecule has 2 saturated carbocycles. The smallest absolute Gasteiger partial charge is 0.159 e. The lowest BCUT2D eigenvalue weighted by atomic mass is 9.58.